The van der Waals surface area contributed by atoms with Gasteiger partial charge < -0.3 is 5.32 Å². The molecule has 0 aliphatic heterocycles. The van der Waals surface area contributed by atoms with Gasteiger partial charge in [-0.05, 0) is 72.2 Å². The van der Waals surface area contributed by atoms with Gasteiger partial charge in [-0.3, -0.25) is 10.3 Å². The number of anilines is 2. The molecule has 0 saturated heterocycles. The van der Waals surface area contributed by atoms with Gasteiger partial charge in [-0.25, -0.2) is 0 Å². The predicted molar refractivity (Wildman–Crippen MR) is 78.6 cm³/mol. The third kappa shape index (κ3) is 4.22. The van der Waals surface area contributed by atoms with Crippen LogP contribution in [0.4, 0.5) is 11.4 Å². The molecule has 2 N–H and O–H groups in total. The summed E-state index contributed by atoms with van der Waals surface area (Å²) >= 11 is 0. The molecule has 1 aromatic carbocycles. The number of nitrogens with zero attached hydrogens (tertiary/aromatic N) is 1. The van der Waals surface area contributed by atoms with Crippen LogP contribution in [0.25, 0.3) is 0 Å². The summed E-state index contributed by atoms with van der Waals surface area (Å²) in [5.74, 6) is 0. The zero-order valence-corrected chi connectivity index (χ0v) is 12.6. The van der Waals surface area contributed by atoms with Crippen LogP contribution >= 0.6 is 0 Å². The van der Waals surface area contributed by atoms with Crippen molar-refractivity contribution in [3.8, 4) is 0 Å². The molecule has 3 heteroatoms. The summed E-state index contributed by atoms with van der Waals surface area (Å²) in [6, 6.07) is 6.05. The summed E-state index contributed by atoms with van der Waals surface area (Å²) in [5.41, 5.74) is 2.66. The van der Waals surface area contributed by atoms with Crippen molar-refractivity contribution in [1.29, 1.82) is 0 Å². The average molecular weight is 250 g/mol. The summed E-state index contributed by atoms with van der Waals surface area (Å²) in [5, 5.41) is 15.0. The van der Waals surface area contributed by atoms with Crippen molar-refractivity contribution in [3.63, 3.8) is 0 Å². The number of hydroxylamine groups is 1. The fraction of sp³-hybridized carbons (Fsp3) is 0.600. The van der Waals surface area contributed by atoms with Gasteiger partial charge in [-0.15, -0.1) is 0 Å². The van der Waals surface area contributed by atoms with E-state index in [2.05, 4.69) is 32.2 Å². The second-order valence-electron chi connectivity index (χ2n) is 6.91. The zero-order valence-electron chi connectivity index (χ0n) is 12.6. The van der Waals surface area contributed by atoms with Gasteiger partial charge in [0, 0.05) is 11.2 Å². The van der Waals surface area contributed by atoms with Crippen LogP contribution in [-0.2, 0) is 0 Å². The summed E-state index contributed by atoms with van der Waals surface area (Å²) in [7, 11) is 0. The van der Waals surface area contributed by atoms with E-state index < -0.39 is 0 Å². The fourth-order valence-electron chi connectivity index (χ4n) is 1.78. The SMILES string of the molecule is Cc1cc(NC(C)(C)C)cc(N(O)C(C)(C)C)c1. The summed E-state index contributed by atoms with van der Waals surface area (Å²) in [4.78, 5) is 0. The molecule has 0 radical (unpaired) electrons. The molecule has 0 bridgehead atoms. The molecule has 102 valence electrons. The molecular weight excluding hydrogens is 224 g/mol. The van der Waals surface area contributed by atoms with Crippen molar-refractivity contribution in [3.05, 3.63) is 23.8 Å². The molecule has 0 heterocycles. The number of hydrogen-bond donors (Lipinski definition) is 2. The molecule has 0 amide bonds. The normalized spacial score (nSPS) is 12.4. The molecule has 1 rings (SSSR count). The molecule has 0 saturated carbocycles. The molecular formula is C15H26N2O. The first-order valence-electron chi connectivity index (χ1n) is 6.38. The third-order valence-electron chi connectivity index (χ3n) is 2.46. The van der Waals surface area contributed by atoms with Crippen LogP contribution in [0.2, 0.25) is 0 Å². The fourth-order valence-corrected chi connectivity index (χ4v) is 1.78. The maximum atomic E-state index is 10.2. The highest BCUT2D eigenvalue weighted by Gasteiger charge is 2.21. The smallest absolute Gasteiger partial charge is 0.0663 e. The van der Waals surface area contributed by atoms with Gasteiger partial charge in [-0.2, -0.15) is 0 Å². The minimum Gasteiger partial charge on any atom is -0.380 e. The summed E-state index contributed by atoms with van der Waals surface area (Å²) < 4.78 is 0. The lowest BCUT2D eigenvalue weighted by atomic mass is 10.1. The first-order chi connectivity index (χ1) is 7.99. The lowest BCUT2D eigenvalue weighted by molar-refractivity contribution is 0.181. The van der Waals surface area contributed by atoms with Crippen LogP contribution in [0.3, 0.4) is 0 Å². The van der Waals surface area contributed by atoms with E-state index >= 15 is 0 Å². The number of nitrogens with one attached hydrogen (secondary N) is 1. The molecule has 0 aromatic heterocycles. The second kappa shape index (κ2) is 4.81. The second-order valence-corrected chi connectivity index (χ2v) is 6.91. The number of rotatable bonds is 2. The van der Waals surface area contributed by atoms with Gasteiger partial charge in [0.15, 0.2) is 0 Å². The van der Waals surface area contributed by atoms with Crippen molar-refractivity contribution in [2.75, 3.05) is 10.4 Å². The van der Waals surface area contributed by atoms with Crippen LogP contribution in [0.1, 0.15) is 47.1 Å². The Morgan fingerprint density at radius 2 is 1.56 bits per heavy atom. The van der Waals surface area contributed by atoms with Crippen LogP contribution in [-0.4, -0.2) is 16.3 Å². The van der Waals surface area contributed by atoms with E-state index in [9.17, 15) is 5.21 Å². The number of aryl methyl sites for hydroxylation is 1. The topological polar surface area (TPSA) is 35.5 Å². The van der Waals surface area contributed by atoms with Crippen LogP contribution in [0.15, 0.2) is 18.2 Å². The van der Waals surface area contributed by atoms with Gasteiger partial charge in [0.1, 0.15) is 0 Å². The minimum absolute atomic E-state index is 0.00703. The van der Waals surface area contributed by atoms with Gasteiger partial charge in [0.05, 0.1) is 11.2 Å². The Bertz CT molecular complexity index is 413. The summed E-state index contributed by atoms with van der Waals surface area (Å²) in [6.07, 6.45) is 0. The number of benzene rings is 1. The van der Waals surface area contributed by atoms with Crippen molar-refractivity contribution < 1.29 is 5.21 Å². The monoisotopic (exact) mass is 250 g/mol. The molecule has 0 spiro atoms. The quantitative estimate of drug-likeness (QED) is 0.772. The van der Waals surface area contributed by atoms with Crippen molar-refractivity contribution in [2.45, 2.75) is 59.5 Å². The molecule has 0 aliphatic rings. The molecule has 3 nitrogen and oxygen atoms in total. The maximum absolute atomic E-state index is 10.2. The molecule has 18 heavy (non-hydrogen) atoms. The average Bonchev–Trinajstić information content (AvgIpc) is 2.11. The van der Waals surface area contributed by atoms with E-state index in [1.54, 1.807) is 0 Å². The van der Waals surface area contributed by atoms with Gasteiger partial charge in [0.25, 0.3) is 0 Å². The Labute approximate surface area is 111 Å². The molecule has 0 aliphatic carbocycles. The Morgan fingerprint density at radius 3 is 2.00 bits per heavy atom. The van der Waals surface area contributed by atoms with Gasteiger partial charge in [0.2, 0.25) is 0 Å². The predicted octanol–water partition coefficient (Wildman–Crippen LogP) is 4.20. The standard InChI is InChI=1S/C15H26N2O/c1-11-8-12(16-14(2,3)4)10-13(9-11)17(18)15(5,6)7/h8-10,16,18H,1-7H3. The maximum Gasteiger partial charge on any atom is 0.0663 e. The number of hydrogen-bond acceptors (Lipinski definition) is 3. The lowest BCUT2D eigenvalue weighted by Gasteiger charge is -2.32. The van der Waals surface area contributed by atoms with Crippen LogP contribution in [0.5, 0.6) is 0 Å². The molecule has 0 unspecified atom stereocenters. The van der Waals surface area contributed by atoms with E-state index in [0.29, 0.717) is 0 Å². The first-order valence-corrected chi connectivity index (χ1v) is 6.38. The van der Waals surface area contributed by atoms with Crippen molar-refractivity contribution >= 4 is 11.4 Å². The van der Waals surface area contributed by atoms with Crippen LogP contribution < -0.4 is 10.4 Å². The molecule has 1 aromatic rings. The van der Waals surface area contributed by atoms with E-state index in [-0.39, 0.29) is 11.1 Å². The van der Waals surface area contributed by atoms with Crippen molar-refractivity contribution in [2.24, 2.45) is 0 Å². The first kappa shape index (κ1) is 14.8. The highest BCUT2D eigenvalue weighted by atomic mass is 16.5. The third-order valence-corrected chi connectivity index (χ3v) is 2.46. The highest BCUT2D eigenvalue weighted by molar-refractivity contribution is 5.60. The van der Waals surface area contributed by atoms with E-state index in [1.807, 2.05) is 39.8 Å². The minimum atomic E-state index is -0.313. The Kier molecular flexibility index (Phi) is 3.96. The molecule has 0 atom stereocenters. The largest absolute Gasteiger partial charge is 0.380 e. The van der Waals surface area contributed by atoms with Gasteiger partial charge in [-0.1, -0.05) is 0 Å². The molecule has 0 fully saturated rings. The van der Waals surface area contributed by atoms with E-state index in [4.69, 9.17) is 0 Å². The van der Waals surface area contributed by atoms with E-state index in [0.717, 1.165) is 16.9 Å². The Hall–Kier alpha value is -1.22. The van der Waals surface area contributed by atoms with Crippen molar-refractivity contribution in [1.82, 2.24) is 0 Å². The highest BCUT2D eigenvalue weighted by Crippen LogP contribution is 2.27. The van der Waals surface area contributed by atoms with Crippen LogP contribution in [0, 0.1) is 6.92 Å². The van der Waals surface area contributed by atoms with E-state index in [1.165, 1.54) is 5.06 Å². The zero-order chi connectivity index (χ0) is 14.1. The Balaban J connectivity index is 3.09. The van der Waals surface area contributed by atoms with Gasteiger partial charge >= 0.3 is 0 Å². The summed E-state index contributed by atoms with van der Waals surface area (Å²) in [6.45, 7) is 14.3. The Morgan fingerprint density at radius 1 is 1.00 bits per heavy atom. The lowest BCUT2D eigenvalue weighted by Crippen LogP contribution is -2.38.